The standard InChI is InChI=1S/C18H24F2N2O3.C2H6/c1-17(2,3)24-16(23)22-10-9-15(11-18(19,20)13-22)25-21-12-14-7-5-4-6-8-14;1-2/h4-8,12,15H,9-11,13H2,1-3H3;1-2H3/b21-12+;. The zero-order valence-corrected chi connectivity index (χ0v) is 16.7. The molecule has 1 unspecified atom stereocenters. The first kappa shape index (κ1) is 22.9. The van der Waals surface area contributed by atoms with E-state index in [1.165, 1.54) is 6.21 Å². The van der Waals surface area contributed by atoms with Gasteiger partial charge in [0.05, 0.1) is 19.2 Å². The molecule has 1 fully saturated rings. The van der Waals surface area contributed by atoms with E-state index in [4.69, 9.17) is 9.57 Å². The van der Waals surface area contributed by atoms with Crippen molar-refractivity contribution in [1.29, 1.82) is 0 Å². The third-order valence-electron chi connectivity index (χ3n) is 3.53. The molecular formula is C20H30F2N2O3. The van der Waals surface area contributed by atoms with E-state index in [1.807, 2.05) is 44.2 Å². The van der Waals surface area contributed by atoms with Gasteiger partial charge in [0.25, 0.3) is 5.92 Å². The van der Waals surface area contributed by atoms with Gasteiger partial charge in [0.1, 0.15) is 11.7 Å². The van der Waals surface area contributed by atoms with Gasteiger partial charge in [-0.3, -0.25) is 0 Å². The molecule has 0 aromatic heterocycles. The lowest BCUT2D eigenvalue weighted by Crippen LogP contribution is -2.42. The lowest BCUT2D eigenvalue weighted by molar-refractivity contribution is -0.0663. The van der Waals surface area contributed by atoms with Crippen LogP contribution in [0.5, 0.6) is 0 Å². The fourth-order valence-electron chi connectivity index (χ4n) is 2.45. The minimum Gasteiger partial charge on any atom is -0.444 e. The second-order valence-electron chi connectivity index (χ2n) is 7.12. The molecule has 1 saturated heterocycles. The zero-order chi connectivity index (χ0) is 20.5. The highest BCUT2D eigenvalue weighted by atomic mass is 19.3. The summed E-state index contributed by atoms with van der Waals surface area (Å²) in [6.07, 6.45) is -0.239. The summed E-state index contributed by atoms with van der Waals surface area (Å²) < 4.78 is 33.4. The van der Waals surface area contributed by atoms with Gasteiger partial charge in [0, 0.05) is 13.0 Å². The Labute approximate surface area is 160 Å². The Morgan fingerprint density at radius 2 is 1.89 bits per heavy atom. The van der Waals surface area contributed by atoms with Crippen molar-refractivity contribution < 1.29 is 23.1 Å². The van der Waals surface area contributed by atoms with Gasteiger partial charge in [-0.05, 0) is 26.3 Å². The molecule has 1 aliphatic rings. The van der Waals surface area contributed by atoms with Crippen LogP contribution < -0.4 is 0 Å². The number of hydrogen-bond donors (Lipinski definition) is 0. The number of alkyl halides is 2. The molecule has 1 heterocycles. The monoisotopic (exact) mass is 384 g/mol. The highest BCUT2D eigenvalue weighted by Crippen LogP contribution is 2.29. The number of carbonyl (C=O) groups excluding carboxylic acids is 1. The molecule has 0 radical (unpaired) electrons. The van der Waals surface area contributed by atoms with E-state index in [0.717, 1.165) is 10.5 Å². The number of hydrogen-bond acceptors (Lipinski definition) is 4. The molecule has 1 aromatic rings. The molecule has 27 heavy (non-hydrogen) atoms. The molecular weight excluding hydrogens is 354 g/mol. The van der Waals surface area contributed by atoms with E-state index in [9.17, 15) is 13.6 Å². The molecule has 0 N–H and O–H groups in total. The number of rotatable bonds is 3. The van der Waals surface area contributed by atoms with Gasteiger partial charge in [-0.25, -0.2) is 13.6 Å². The number of oxime groups is 1. The SMILES string of the molecule is CC.CC(C)(C)OC(=O)N1CCC(O/N=C/c2ccccc2)CC(F)(F)C1. The van der Waals surface area contributed by atoms with Crippen LogP contribution in [0.4, 0.5) is 13.6 Å². The van der Waals surface area contributed by atoms with Crippen LogP contribution in [-0.4, -0.2) is 47.9 Å². The first-order valence-electron chi connectivity index (χ1n) is 9.25. The van der Waals surface area contributed by atoms with E-state index in [-0.39, 0.29) is 13.0 Å². The molecule has 1 atom stereocenters. The molecule has 0 saturated carbocycles. The highest BCUT2D eigenvalue weighted by Gasteiger charge is 2.41. The van der Waals surface area contributed by atoms with Crippen LogP contribution >= 0.6 is 0 Å². The Morgan fingerprint density at radius 3 is 2.48 bits per heavy atom. The van der Waals surface area contributed by atoms with Gasteiger partial charge in [0.2, 0.25) is 0 Å². The molecule has 0 bridgehead atoms. The van der Waals surface area contributed by atoms with Crippen molar-refractivity contribution in [2.45, 2.75) is 65.1 Å². The van der Waals surface area contributed by atoms with Gasteiger partial charge in [0.15, 0.2) is 0 Å². The lowest BCUT2D eigenvalue weighted by atomic mass is 10.1. The molecule has 2 rings (SSSR count). The number of ether oxygens (including phenoxy) is 1. The number of halogens is 2. The van der Waals surface area contributed by atoms with Crippen LogP contribution in [0.2, 0.25) is 0 Å². The smallest absolute Gasteiger partial charge is 0.410 e. The van der Waals surface area contributed by atoms with Crippen molar-refractivity contribution in [2.75, 3.05) is 13.1 Å². The van der Waals surface area contributed by atoms with E-state index < -0.39 is 36.7 Å². The normalized spacial score (nSPS) is 19.7. The second-order valence-corrected chi connectivity index (χ2v) is 7.12. The van der Waals surface area contributed by atoms with Crippen LogP contribution in [0.15, 0.2) is 35.5 Å². The van der Waals surface area contributed by atoms with E-state index in [0.29, 0.717) is 0 Å². The molecule has 7 heteroatoms. The van der Waals surface area contributed by atoms with Gasteiger partial charge in [-0.15, -0.1) is 0 Å². The third kappa shape index (κ3) is 8.84. The van der Waals surface area contributed by atoms with Crippen molar-refractivity contribution in [3.05, 3.63) is 35.9 Å². The summed E-state index contributed by atoms with van der Waals surface area (Å²) in [6, 6.07) is 9.23. The van der Waals surface area contributed by atoms with Crippen LogP contribution in [0, 0.1) is 0 Å². The lowest BCUT2D eigenvalue weighted by Gasteiger charge is -2.27. The maximum Gasteiger partial charge on any atom is 0.410 e. The fourth-order valence-corrected chi connectivity index (χ4v) is 2.45. The largest absolute Gasteiger partial charge is 0.444 e. The number of likely N-dealkylation sites (tertiary alicyclic amines) is 1. The van der Waals surface area contributed by atoms with Crippen LogP contribution in [0.1, 0.15) is 53.0 Å². The Bertz CT molecular complexity index is 601. The molecule has 0 aliphatic carbocycles. The Morgan fingerprint density at radius 1 is 1.26 bits per heavy atom. The maximum atomic E-state index is 14.1. The average molecular weight is 384 g/mol. The van der Waals surface area contributed by atoms with Crippen molar-refractivity contribution in [2.24, 2.45) is 5.16 Å². The fraction of sp³-hybridized carbons (Fsp3) is 0.600. The average Bonchev–Trinajstić information content (AvgIpc) is 2.74. The minimum atomic E-state index is -3.06. The summed E-state index contributed by atoms with van der Waals surface area (Å²) in [7, 11) is 0. The Kier molecular flexibility index (Phi) is 8.66. The predicted octanol–water partition coefficient (Wildman–Crippen LogP) is 5.10. The highest BCUT2D eigenvalue weighted by molar-refractivity contribution is 5.78. The Balaban J connectivity index is 0.00000176. The summed E-state index contributed by atoms with van der Waals surface area (Å²) in [4.78, 5) is 18.3. The van der Waals surface area contributed by atoms with Crippen LogP contribution in [0.25, 0.3) is 0 Å². The molecule has 0 spiro atoms. The molecule has 1 aliphatic heterocycles. The van der Waals surface area contributed by atoms with Crippen molar-refractivity contribution in [3.8, 4) is 0 Å². The molecule has 152 valence electrons. The molecule has 1 amide bonds. The van der Waals surface area contributed by atoms with Crippen molar-refractivity contribution in [1.82, 2.24) is 4.90 Å². The summed E-state index contributed by atoms with van der Waals surface area (Å²) in [6.45, 7) is 8.56. The Hall–Kier alpha value is -2.18. The maximum absolute atomic E-state index is 14.1. The summed E-state index contributed by atoms with van der Waals surface area (Å²) in [5, 5.41) is 3.81. The zero-order valence-electron chi connectivity index (χ0n) is 16.7. The van der Waals surface area contributed by atoms with Crippen LogP contribution in [0.3, 0.4) is 0 Å². The number of benzene rings is 1. The first-order valence-corrected chi connectivity index (χ1v) is 9.25. The topological polar surface area (TPSA) is 51.1 Å². The third-order valence-corrected chi connectivity index (χ3v) is 3.53. The second kappa shape index (κ2) is 10.2. The number of nitrogens with zero attached hydrogens (tertiary/aromatic N) is 2. The predicted molar refractivity (Wildman–Crippen MR) is 102 cm³/mol. The minimum absolute atomic E-state index is 0.135. The van der Waals surface area contributed by atoms with E-state index in [2.05, 4.69) is 5.16 Å². The van der Waals surface area contributed by atoms with Crippen LogP contribution in [-0.2, 0) is 9.57 Å². The van der Waals surface area contributed by atoms with Gasteiger partial charge in [-0.2, -0.15) is 0 Å². The van der Waals surface area contributed by atoms with Gasteiger partial charge >= 0.3 is 6.09 Å². The summed E-state index contributed by atoms with van der Waals surface area (Å²) in [5.74, 6) is -3.06. The van der Waals surface area contributed by atoms with Gasteiger partial charge < -0.3 is 14.5 Å². The van der Waals surface area contributed by atoms with Crippen molar-refractivity contribution >= 4 is 12.3 Å². The van der Waals surface area contributed by atoms with Crippen molar-refractivity contribution in [3.63, 3.8) is 0 Å². The summed E-state index contributed by atoms with van der Waals surface area (Å²) in [5.41, 5.74) is 0.0902. The molecule has 5 nitrogen and oxygen atoms in total. The number of carbonyl (C=O) groups is 1. The summed E-state index contributed by atoms with van der Waals surface area (Å²) >= 11 is 0. The van der Waals surface area contributed by atoms with Gasteiger partial charge in [-0.1, -0.05) is 49.3 Å². The first-order chi connectivity index (χ1) is 12.6. The quantitative estimate of drug-likeness (QED) is 0.538. The van der Waals surface area contributed by atoms with E-state index >= 15 is 0 Å². The molecule has 1 aromatic carbocycles. The van der Waals surface area contributed by atoms with E-state index in [1.54, 1.807) is 20.8 Å². The number of amides is 1.